The van der Waals surface area contributed by atoms with Gasteiger partial charge in [0.1, 0.15) is 11.1 Å². The van der Waals surface area contributed by atoms with Gasteiger partial charge in [-0.15, -0.1) is 11.3 Å². The van der Waals surface area contributed by atoms with Gasteiger partial charge in [-0.1, -0.05) is 0 Å². The van der Waals surface area contributed by atoms with E-state index in [0.29, 0.717) is 0 Å². The molecule has 3 heterocycles. The van der Waals surface area contributed by atoms with Crippen LogP contribution in [-0.4, -0.2) is 41.6 Å². The van der Waals surface area contributed by atoms with E-state index in [4.69, 9.17) is 4.74 Å². The van der Waals surface area contributed by atoms with Crippen molar-refractivity contribution in [2.24, 2.45) is 0 Å². The quantitative estimate of drug-likeness (QED) is 0.940. The summed E-state index contributed by atoms with van der Waals surface area (Å²) in [5.74, 6) is 0. The lowest BCUT2D eigenvalue weighted by Crippen LogP contribution is -2.38. The van der Waals surface area contributed by atoms with Crippen molar-refractivity contribution in [1.29, 1.82) is 0 Å². The first kappa shape index (κ1) is 14.4. The Balaban J connectivity index is 1.72. The third-order valence-electron chi connectivity index (χ3n) is 3.58. The number of aromatic nitrogens is 2. The minimum absolute atomic E-state index is 0.0331. The van der Waals surface area contributed by atoms with Gasteiger partial charge >= 0.3 is 0 Å². The topological polar surface area (TPSA) is 50.3 Å². The molecule has 0 amide bonds. The Morgan fingerprint density at radius 3 is 3.14 bits per heavy atom. The highest BCUT2D eigenvalue weighted by Gasteiger charge is 2.24. The Hall–Kier alpha value is -1.50. The van der Waals surface area contributed by atoms with Crippen molar-refractivity contribution in [1.82, 2.24) is 14.9 Å². The number of nitrogens with one attached hydrogen (secondary N) is 1. The highest BCUT2D eigenvalue weighted by molar-refractivity contribution is 7.09. The third-order valence-corrected chi connectivity index (χ3v) is 4.35. The van der Waals surface area contributed by atoms with Crippen LogP contribution in [0.25, 0.3) is 0 Å². The summed E-state index contributed by atoms with van der Waals surface area (Å²) in [6, 6.07) is 4.12. The Kier molecular flexibility index (Phi) is 4.48. The maximum absolute atomic E-state index is 5.92. The molecule has 0 unspecified atom stereocenters. The highest BCUT2D eigenvalue weighted by Crippen LogP contribution is 2.24. The van der Waals surface area contributed by atoms with Crippen molar-refractivity contribution in [3.8, 4) is 0 Å². The van der Waals surface area contributed by atoms with Crippen LogP contribution in [0.2, 0.25) is 0 Å². The van der Waals surface area contributed by atoms with Gasteiger partial charge in [0, 0.05) is 43.1 Å². The molecule has 0 spiro atoms. The molecular formula is C15H20N4OS. The van der Waals surface area contributed by atoms with Gasteiger partial charge in [0.2, 0.25) is 0 Å². The Bertz CT molecular complexity index is 587. The molecule has 0 saturated carbocycles. The minimum Gasteiger partial charge on any atom is -0.388 e. The third kappa shape index (κ3) is 3.58. The average Bonchev–Trinajstić information content (AvgIpc) is 3.00. The smallest absolute Gasteiger partial charge is 0.112 e. The first-order chi connectivity index (χ1) is 10.2. The van der Waals surface area contributed by atoms with Gasteiger partial charge in [0.15, 0.2) is 0 Å². The summed E-state index contributed by atoms with van der Waals surface area (Å²) in [6.07, 6.45) is 1.89. The van der Waals surface area contributed by atoms with Gasteiger partial charge in [-0.3, -0.25) is 9.88 Å². The number of morpholine rings is 1. The summed E-state index contributed by atoms with van der Waals surface area (Å²) in [5.41, 5.74) is 3.10. The summed E-state index contributed by atoms with van der Waals surface area (Å²) < 4.78 is 5.92. The SMILES string of the molecule is CNc1cc(C)nc([C@H]2CN(Cc3nccs3)CCO2)c1. The molecule has 0 bridgehead atoms. The van der Waals surface area contributed by atoms with Gasteiger partial charge in [-0.05, 0) is 19.1 Å². The number of thiazole rings is 1. The fourth-order valence-electron chi connectivity index (χ4n) is 2.55. The first-order valence-electron chi connectivity index (χ1n) is 7.13. The second-order valence-corrected chi connectivity index (χ2v) is 6.17. The molecule has 1 N–H and O–H groups in total. The van der Waals surface area contributed by atoms with E-state index in [1.807, 2.05) is 31.6 Å². The molecule has 2 aromatic heterocycles. The number of ether oxygens (including phenoxy) is 1. The molecule has 3 rings (SSSR count). The van der Waals surface area contributed by atoms with E-state index in [-0.39, 0.29) is 6.10 Å². The van der Waals surface area contributed by atoms with E-state index in [1.54, 1.807) is 11.3 Å². The van der Waals surface area contributed by atoms with Gasteiger partial charge in [0.25, 0.3) is 0 Å². The molecule has 1 aliphatic heterocycles. The summed E-state index contributed by atoms with van der Waals surface area (Å²) in [6.45, 7) is 5.45. The Labute approximate surface area is 129 Å². The van der Waals surface area contributed by atoms with Gasteiger partial charge in [-0.25, -0.2) is 4.98 Å². The molecule has 1 fully saturated rings. The maximum Gasteiger partial charge on any atom is 0.112 e. The Morgan fingerprint density at radius 1 is 1.48 bits per heavy atom. The van der Waals surface area contributed by atoms with Crippen LogP contribution in [0.15, 0.2) is 23.7 Å². The van der Waals surface area contributed by atoms with Crippen LogP contribution in [0.3, 0.4) is 0 Å². The van der Waals surface area contributed by atoms with Crippen molar-refractivity contribution >= 4 is 17.0 Å². The minimum atomic E-state index is 0.0331. The van der Waals surface area contributed by atoms with Crippen LogP contribution >= 0.6 is 11.3 Å². The monoisotopic (exact) mass is 304 g/mol. The van der Waals surface area contributed by atoms with E-state index >= 15 is 0 Å². The summed E-state index contributed by atoms with van der Waals surface area (Å²) in [5, 5.41) is 6.36. The lowest BCUT2D eigenvalue weighted by Gasteiger charge is -2.32. The van der Waals surface area contributed by atoms with Crippen LogP contribution < -0.4 is 5.32 Å². The molecular weight excluding hydrogens is 284 g/mol. The first-order valence-corrected chi connectivity index (χ1v) is 8.01. The normalized spacial score (nSPS) is 19.6. The van der Waals surface area contributed by atoms with Crippen molar-refractivity contribution in [3.05, 3.63) is 40.1 Å². The second-order valence-electron chi connectivity index (χ2n) is 5.19. The van der Waals surface area contributed by atoms with Crippen molar-refractivity contribution in [2.45, 2.75) is 19.6 Å². The molecule has 2 aromatic rings. The molecule has 1 saturated heterocycles. The molecule has 112 valence electrons. The lowest BCUT2D eigenvalue weighted by molar-refractivity contribution is -0.0350. The zero-order valence-corrected chi connectivity index (χ0v) is 13.2. The summed E-state index contributed by atoms with van der Waals surface area (Å²) in [4.78, 5) is 11.4. The molecule has 21 heavy (non-hydrogen) atoms. The van der Waals surface area contributed by atoms with Gasteiger partial charge < -0.3 is 10.1 Å². The second kappa shape index (κ2) is 6.51. The summed E-state index contributed by atoms with van der Waals surface area (Å²) in [7, 11) is 1.93. The molecule has 5 nitrogen and oxygen atoms in total. The molecule has 1 aliphatic rings. The maximum atomic E-state index is 5.92. The van der Waals surface area contributed by atoms with Gasteiger partial charge in [-0.2, -0.15) is 0 Å². The zero-order valence-electron chi connectivity index (χ0n) is 12.4. The molecule has 0 radical (unpaired) electrons. The highest BCUT2D eigenvalue weighted by atomic mass is 32.1. The van der Waals surface area contributed by atoms with Crippen LogP contribution in [0.1, 0.15) is 22.5 Å². The van der Waals surface area contributed by atoms with E-state index in [1.165, 1.54) is 0 Å². The largest absolute Gasteiger partial charge is 0.388 e. The Morgan fingerprint density at radius 2 is 2.38 bits per heavy atom. The number of nitrogens with zero attached hydrogens (tertiary/aromatic N) is 3. The van der Waals surface area contributed by atoms with Crippen LogP contribution in [0, 0.1) is 6.92 Å². The molecule has 0 aromatic carbocycles. The fourth-order valence-corrected chi connectivity index (χ4v) is 3.21. The molecule has 6 heteroatoms. The number of anilines is 1. The van der Waals surface area contributed by atoms with Crippen LogP contribution in [-0.2, 0) is 11.3 Å². The van der Waals surface area contributed by atoms with Crippen molar-refractivity contribution in [3.63, 3.8) is 0 Å². The van der Waals surface area contributed by atoms with Gasteiger partial charge in [0.05, 0.1) is 18.8 Å². The fraction of sp³-hybridized carbons (Fsp3) is 0.467. The zero-order chi connectivity index (χ0) is 14.7. The predicted octanol–water partition coefficient (Wildman–Crippen LogP) is 2.46. The van der Waals surface area contributed by atoms with E-state index in [2.05, 4.69) is 26.3 Å². The lowest BCUT2D eigenvalue weighted by atomic mass is 10.1. The van der Waals surface area contributed by atoms with E-state index in [0.717, 1.165) is 48.3 Å². The number of pyridine rings is 1. The van der Waals surface area contributed by atoms with E-state index < -0.39 is 0 Å². The standard InChI is InChI=1S/C15H20N4OS/c1-11-7-12(16-2)8-13(18-11)14-9-19(4-5-20-14)10-15-17-3-6-21-15/h3,6-8,14H,4-5,9-10H2,1-2H3,(H,16,18)/t14-/m1/s1. The number of hydrogen-bond acceptors (Lipinski definition) is 6. The predicted molar refractivity (Wildman–Crippen MR) is 84.6 cm³/mol. The number of hydrogen-bond donors (Lipinski definition) is 1. The molecule has 0 aliphatic carbocycles. The number of rotatable bonds is 4. The number of aryl methyl sites for hydroxylation is 1. The van der Waals surface area contributed by atoms with Crippen LogP contribution in [0.5, 0.6) is 0 Å². The average molecular weight is 304 g/mol. The molecule has 1 atom stereocenters. The van der Waals surface area contributed by atoms with Crippen molar-refractivity contribution in [2.75, 3.05) is 32.1 Å². The summed E-state index contributed by atoms with van der Waals surface area (Å²) >= 11 is 1.70. The van der Waals surface area contributed by atoms with E-state index in [9.17, 15) is 0 Å². The van der Waals surface area contributed by atoms with Crippen molar-refractivity contribution < 1.29 is 4.74 Å². The van der Waals surface area contributed by atoms with Crippen LogP contribution in [0.4, 0.5) is 5.69 Å².